The summed E-state index contributed by atoms with van der Waals surface area (Å²) in [7, 11) is 2.97. The van der Waals surface area contributed by atoms with E-state index in [-0.39, 0.29) is 36.0 Å². The van der Waals surface area contributed by atoms with Gasteiger partial charge in [-0.05, 0) is 18.6 Å². The van der Waals surface area contributed by atoms with E-state index < -0.39 is 11.2 Å². The minimum atomic E-state index is -0.471. The van der Waals surface area contributed by atoms with Crippen LogP contribution in [0.5, 0.6) is 0 Å². The predicted molar refractivity (Wildman–Crippen MR) is 108 cm³/mol. The molecule has 0 N–H and O–H groups in total. The molecule has 0 radical (unpaired) electrons. The van der Waals surface area contributed by atoms with Crippen molar-refractivity contribution in [3.8, 4) is 0 Å². The zero-order valence-electron chi connectivity index (χ0n) is 15.6. The van der Waals surface area contributed by atoms with Crippen molar-refractivity contribution >= 4 is 40.5 Å². The van der Waals surface area contributed by atoms with E-state index in [4.69, 9.17) is 16.3 Å². The van der Waals surface area contributed by atoms with Gasteiger partial charge in [0.2, 0.25) is 0 Å². The third kappa shape index (κ3) is 3.72. The summed E-state index contributed by atoms with van der Waals surface area (Å²) in [6.07, 6.45) is 0. The number of hydrogen-bond donors (Lipinski definition) is 0. The number of halogens is 1. The molecule has 0 aliphatic rings. The van der Waals surface area contributed by atoms with Crippen molar-refractivity contribution in [3.05, 3.63) is 55.7 Å². The number of ether oxygens (including phenoxy) is 1. The van der Waals surface area contributed by atoms with Crippen LogP contribution in [0.2, 0.25) is 5.02 Å². The van der Waals surface area contributed by atoms with Crippen molar-refractivity contribution in [2.24, 2.45) is 14.1 Å². The molecule has 2 heterocycles. The summed E-state index contributed by atoms with van der Waals surface area (Å²) in [4.78, 5) is 41.3. The van der Waals surface area contributed by atoms with Crippen molar-refractivity contribution < 1.29 is 9.53 Å². The Hall–Kier alpha value is -2.52. The molecule has 1 aromatic carbocycles. The molecule has 0 bridgehead atoms. The van der Waals surface area contributed by atoms with Gasteiger partial charge in [0.15, 0.2) is 16.3 Å². The van der Waals surface area contributed by atoms with Crippen LogP contribution in [0.4, 0.5) is 0 Å². The third-order valence-electron chi connectivity index (χ3n) is 4.22. The standard InChI is InChI=1S/C18H19ClN4O4S/c1-4-27-13(24)10-28-17-20-15-14(16(25)22(3)18(26)21(15)2)23(17)9-11-7-5-6-8-12(11)19/h5-8H,4,9-10H2,1-3H3. The van der Waals surface area contributed by atoms with Crippen molar-refractivity contribution in [2.45, 2.75) is 18.6 Å². The molecule has 0 saturated carbocycles. The Balaban J connectivity index is 2.18. The second-order valence-corrected chi connectivity index (χ2v) is 7.39. The molecule has 3 aromatic rings. The molecule has 0 spiro atoms. The minimum Gasteiger partial charge on any atom is -0.465 e. The molecule has 0 saturated heterocycles. The van der Waals surface area contributed by atoms with Crippen LogP contribution in [0, 0.1) is 0 Å². The number of thioether (sulfide) groups is 1. The van der Waals surface area contributed by atoms with E-state index in [1.165, 1.54) is 11.6 Å². The number of nitrogens with zero attached hydrogens (tertiary/aromatic N) is 4. The zero-order valence-corrected chi connectivity index (χ0v) is 17.2. The van der Waals surface area contributed by atoms with Crippen LogP contribution in [0.25, 0.3) is 11.2 Å². The number of hydrogen-bond acceptors (Lipinski definition) is 6. The molecular formula is C18H19ClN4O4S. The van der Waals surface area contributed by atoms with Crippen molar-refractivity contribution in [2.75, 3.05) is 12.4 Å². The van der Waals surface area contributed by atoms with E-state index in [0.29, 0.717) is 10.2 Å². The maximum Gasteiger partial charge on any atom is 0.332 e. The lowest BCUT2D eigenvalue weighted by atomic mass is 10.2. The van der Waals surface area contributed by atoms with E-state index in [1.54, 1.807) is 24.6 Å². The lowest BCUT2D eigenvalue weighted by Crippen LogP contribution is -2.37. The lowest BCUT2D eigenvalue weighted by Gasteiger charge is -2.10. The predicted octanol–water partition coefficient (Wildman–Crippen LogP) is 1.79. The van der Waals surface area contributed by atoms with Gasteiger partial charge >= 0.3 is 11.7 Å². The summed E-state index contributed by atoms with van der Waals surface area (Å²) in [5, 5.41) is 0.980. The van der Waals surface area contributed by atoms with E-state index in [2.05, 4.69) is 4.98 Å². The van der Waals surface area contributed by atoms with Gasteiger partial charge in [0, 0.05) is 19.1 Å². The molecule has 0 aliphatic heterocycles. The number of aromatic nitrogens is 4. The normalized spacial score (nSPS) is 11.1. The Morgan fingerprint density at radius 2 is 1.93 bits per heavy atom. The Morgan fingerprint density at radius 3 is 2.61 bits per heavy atom. The van der Waals surface area contributed by atoms with Crippen LogP contribution >= 0.6 is 23.4 Å². The molecule has 0 atom stereocenters. The van der Waals surface area contributed by atoms with Crippen LogP contribution in [0.3, 0.4) is 0 Å². The van der Waals surface area contributed by atoms with Crippen LogP contribution in [0.15, 0.2) is 39.0 Å². The summed E-state index contributed by atoms with van der Waals surface area (Å²) in [5.74, 6) is -0.348. The number of fused-ring (bicyclic) bond motifs is 1. The number of aryl methyl sites for hydroxylation is 1. The van der Waals surface area contributed by atoms with Crippen molar-refractivity contribution in [1.82, 2.24) is 18.7 Å². The topological polar surface area (TPSA) is 88.1 Å². The number of rotatable bonds is 6. The molecular weight excluding hydrogens is 404 g/mol. The first-order valence-electron chi connectivity index (χ1n) is 8.53. The third-order valence-corrected chi connectivity index (χ3v) is 5.54. The average molecular weight is 423 g/mol. The van der Waals surface area contributed by atoms with Crippen LogP contribution in [-0.2, 0) is 30.2 Å². The summed E-state index contributed by atoms with van der Waals surface area (Å²) >= 11 is 7.43. The van der Waals surface area contributed by atoms with Gasteiger partial charge in [-0.1, -0.05) is 41.6 Å². The summed E-state index contributed by atoms with van der Waals surface area (Å²) in [6, 6.07) is 7.27. The van der Waals surface area contributed by atoms with Gasteiger partial charge in [-0.2, -0.15) is 0 Å². The van der Waals surface area contributed by atoms with Gasteiger partial charge in [-0.15, -0.1) is 0 Å². The highest BCUT2D eigenvalue weighted by Gasteiger charge is 2.21. The highest BCUT2D eigenvalue weighted by Crippen LogP contribution is 2.25. The zero-order chi connectivity index (χ0) is 20.4. The largest absolute Gasteiger partial charge is 0.465 e. The van der Waals surface area contributed by atoms with Crippen molar-refractivity contribution in [3.63, 3.8) is 0 Å². The summed E-state index contributed by atoms with van der Waals surface area (Å²) in [6.45, 7) is 2.29. The molecule has 0 aliphatic carbocycles. The number of esters is 1. The van der Waals surface area contributed by atoms with E-state index in [9.17, 15) is 14.4 Å². The number of carbonyl (C=O) groups is 1. The first-order chi connectivity index (χ1) is 13.3. The van der Waals surface area contributed by atoms with Crippen LogP contribution in [0.1, 0.15) is 12.5 Å². The Morgan fingerprint density at radius 1 is 1.21 bits per heavy atom. The smallest absolute Gasteiger partial charge is 0.332 e. The number of carbonyl (C=O) groups excluding carboxylic acids is 1. The van der Waals surface area contributed by atoms with Gasteiger partial charge in [0.05, 0.1) is 18.9 Å². The summed E-state index contributed by atoms with van der Waals surface area (Å²) < 4.78 is 8.99. The maximum absolute atomic E-state index is 12.8. The molecule has 0 amide bonds. The van der Waals surface area contributed by atoms with E-state index in [1.807, 2.05) is 18.2 Å². The fraction of sp³-hybridized carbons (Fsp3) is 0.333. The molecule has 148 valence electrons. The quantitative estimate of drug-likeness (QED) is 0.444. The van der Waals surface area contributed by atoms with E-state index >= 15 is 0 Å². The maximum atomic E-state index is 12.8. The highest BCUT2D eigenvalue weighted by atomic mass is 35.5. The van der Waals surface area contributed by atoms with E-state index in [0.717, 1.165) is 21.9 Å². The molecule has 10 heteroatoms. The van der Waals surface area contributed by atoms with Gasteiger partial charge < -0.3 is 9.30 Å². The Bertz CT molecular complexity index is 1160. The molecule has 0 unspecified atom stereocenters. The second-order valence-electron chi connectivity index (χ2n) is 6.04. The SMILES string of the molecule is CCOC(=O)CSc1nc2c(c(=O)n(C)c(=O)n2C)n1Cc1ccccc1Cl. The molecule has 2 aromatic heterocycles. The van der Waals surface area contributed by atoms with Crippen LogP contribution in [-0.4, -0.2) is 37.0 Å². The average Bonchev–Trinajstić information content (AvgIpc) is 3.03. The van der Waals surface area contributed by atoms with Gasteiger partial charge in [0.1, 0.15) is 0 Å². The Kier molecular flexibility index (Phi) is 5.95. The van der Waals surface area contributed by atoms with Gasteiger partial charge in [-0.25, -0.2) is 9.78 Å². The van der Waals surface area contributed by atoms with Gasteiger partial charge in [-0.3, -0.25) is 18.7 Å². The fourth-order valence-corrected chi connectivity index (χ4v) is 3.79. The number of imidazole rings is 1. The van der Waals surface area contributed by atoms with Crippen molar-refractivity contribution in [1.29, 1.82) is 0 Å². The fourth-order valence-electron chi connectivity index (χ4n) is 2.81. The first-order valence-corrected chi connectivity index (χ1v) is 9.89. The lowest BCUT2D eigenvalue weighted by molar-refractivity contribution is -0.139. The number of benzene rings is 1. The minimum absolute atomic E-state index is 0.0357. The second kappa shape index (κ2) is 8.24. The highest BCUT2D eigenvalue weighted by molar-refractivity contribution is 7.99. The van der Waals surface area contributed by atoms with Gasteiger partial charge in [0.25, 0.3) is 5.56 Å². The molecule has 28 heavy (non-hydrogen) atoms. The first kappa shape index (κ1) is 20.2. The van der Waals surface area contributed by atoms with Crippen LogP contribution < -0.4 is 11.2 Å². The molecule has 3 rings (SSSR count). The molecule has 8 nitrogen and oxygen atoms in total. The molecule has 0 fully saturated rings. The monoisotopic (exact) mass is 422 g/mol. The Labute approximate surface area is 169 Å². The summed E-state index contributed by atoms with van der Waals surface area (Å²) in [5.41, 5.74) is 0.391.